The molecular weight excluding hydrogens is 701 g/mol. The molecule has 55 heavy (non-hydrogen) atoms. The summed E-state index contributed by atoms with van der Waals surface area (Å²) in [4.78, 5) is 24.2. The number of anilines is 1. The molecular formula is C47H42N4O3S. The van der Waals surface area contributed by atoms with Gasteiger partial charge >= 0.3 is 5.97 Å². The molecule has 274 valence electrons. The summed E-state index contributed by atoms with van der Waals surface area (Å²) in [6, 6.07) is 62.0. The zero-order valence-electron chi connectivity index (χ0n) is 30.5. The first kappa shape index (κ1) is 37.0. The van der Waals surface area contributed by atoms with Gasteiger partial charge in [0.25, 0.3) is 0 Å². The van der Waals surface area contributed by atoms with Crippen LogP contribution in [0.1, 0.15) is 46.0 Å². The second-order valence-corrected chi connectivity index (χ2v) is 13.6. The van der Waals surface area contributed by atoms with E-state index in [0.717, 1.165) is 33.4 Å². The van der Waals surface area contributed by atoms with Gasteiger partial charge in [0.05, 0.1) is 12.1 Å². The highest BCUT2D eigenvalue weighted by Gasteiger charge is 2.38. The van der Waals surface area contributed by atoms with Crippen LogP contribution in [0, 0.1) is 0 Å². The molecule has 8 heteroatoms. The van der Waals surface area contributed by atoms with Crippen LogP contribution in [0.3, 0.4) is 0 Å². The van der Waals surface area contributed by atoms with Crippen LogP contribution in [-0.4, -0.2) is 36.4 Å². The van der Waals surface area contributed by atoms with E-state index in [2.05, 4.69) is 88.6 Å². The molecule has 1 heterocycles. The molecule has 0 saturated carbocycles. The van der Waals surface area contributed by atoms with Crippen LogP contribution < -0.4 is 10.6 Å². The maximum Gasteiger partial charge on any atom is 0.362 e. The Hall–Kier alpha value is -6.35. The van der Waals surface area contributed by atoms with Gasteiger partial charge in [-0.1, -0.05) is 187 Å². The molecule has 0 amide bonds. The number of oxime groups is 1. The number of carbonyl (C=O) groups excluding carboxylic acids is 1. The number of benzene rings is 6. The average molecular weight is 743 g/mol. The number of hydrogen-bond donors (Lipinski definition) is 2. The average Bonchev–Trinajstić information content (AvgIpc) is 3.72. The van der Waals surface area contributed by atoms with Crippen molar-refractivity contribution in [3.8, 4) is 0 Å². The van der Waals surface area contributed by atoms with Gasteiger partial charge in [0.2, 0.25) is 5.71 Å². The van der Waals surface area contributed by atoms with Crippen molar-refractivity contribution in [2.24, 2.45) is 5.16 Å². The number of rotatable bonds is 16. The number of ether oxygens (including phenoxy) is 1. The predicted molar refractivity (Wildman–Crippen MR) is 221 cm³/mol. The Balaban J connectivity index is 1.18. The van der Waals surface area contributed by atoms with E-state index in [-0.39, 0.29) is 18.9 Å². The Morgan fingerprint density at radius 1 is 0.600 bits per heavy atom. The van der Waals surface area contributed by atoms with Gasteiger partial charge in [0, 0.05) is 11.9 Å². The van der Waals surface area contributed by atoms with Crippen molar-refractivity contribution in [2.75, 3.05) is 25.1 Å². The molecule has 0 fully saturated rings. The maximum atomic E-state index is 13.4. The van der Waals surface area contributed by atoms with Crippen molar-refractivity contribution >= 4 is 28.1 Å². The minimum absolute atomic E-state index is 0.00340. The van der Waals surface area contributed by atoms with Crippen molar-refractivity contribution in [2.45, 2.75) is 18.0 Å². The Labute approximate surface area is 326 Å². The van der Waals surface area contributed by atoms with Crippen molar-refractivity contribution in [3.05, 3.63) is 226 Å². The standard InChI is InChI=1S/C47H42N4O3S/c1-2-53-44(52)43(51-54-34-33-48-46(36-21-9-3-10-22-36,37-23-11-4-12-24-37)38-25-13-5-14-26-38)42-35-55-45(49-42)50-47(39-27-15-6-16-28-39,40-29-17-7-18-30-40)41-31-19-8-20-32-41/h3-32,35,48H,2,33-34H2,1H3,(H,49,50)/b51-43-. The van der Waals surface area contributed by atoms with E-state index < -0.39 is 17.0 Å². The molecule has 2 N–H and O–H groups in total. The first-order chi connectivity index (χ1) is 27.1. The summed E-state index contributed by atoms with van der Waals surface area (Å²) < 4.78 is 5.44. The fraction of sp³-hybridized carbons (Fsp3) is 0.128. The molecule has 0 spiro atoms. The number of carbonyl (C=O) groups is 1. The van der Waals surface area contributed by atoms with Gasteiger partial charge in [-0.3, -0.25) is 5.32 Å². The Bertz CT molecular complexity index is 2080. The van der Waals surface area contributed by atoms with Crippen LogP contribution in [-0.2, 0) is 25.4 Å². The molecule has 7 aromatic rings. The van der Waals surface area contributed by atoms with Gasteiger partial charge in [0.15, 0.2) is 5.13 Å². The molecule has 0 unspecified atom stereocenters. The van der Waals surface area contributed by atoms with E-state index in [1.165, 1.54) is 11.3 Å². The zero-order valence-corrected chi connectivity index (χ0v) is 31.4. The van der Waals surface area contributed by atoms with E-state index in [0.29, 0.717) is 17.4 Å². The van der Waals surface area contributed by atoms with E-state index >= 15 is 0 Å². The molecule has 7 rings (SSSR count). The Morgan fingerprint density at radius 3 is 1.36 bits per heavy atom. The normalized spacial score (nSPS) is 11.8. The summed E-state index contributed by atoms with van der Waals surface area (Å²) in [6.45, 7) is 2.53. The molecule has 0 aliphatic heterocycles. The zero-order chi connectivity index (χ0) is 37.8. The lowest BCUT2D eigenvalue weighted by Crippen LogP contribution is -2.46. The minimum Gasteiger partial charge on any atom is -0.461 e. The van der Waals surface area contributed by atoms with Crippen molar-refractivity contribution < 1.29 is 14.4 Å². The molecule has 6 aromatic carbocycles. The summed E-state index contributed by atoms with van der Waals surface area (Å²) >= 11 is 1.39. The largest absolute Gasteiger partial charge is 0.461 e. The minimum atomic E-state index is -0.787. The Morgan fingerprint density at radius 2 is 0.982 bits per heavy atom. The summed E-state index contributed by atoms with van der Waals surface area (Å²) in [5.41, 5.74) is 5.27. The van der Waals surface area contributed by atoms with Crippen molar-refractivity contribution in [3.63, 3.8) is 0 Å². The van der Waals surface area contributed by atoms with Crippen LogP contribution >= 0.6 is 11.3 Å². The SMILES string of the molecule is CCOC(=O)/C(=N\OCCNC(c1ccccc1)(c1ccccc1)c1ccccc1)c1csc(NC(c2ccccc2)(c2ccccc2)c2ccccc2)n1. The summed E-state index contributed by atoms with van der Waals surface area (Å²) in [5, 5.41) is 14.3. The van der Waals surface area contributed by atoms with Gasteiger partial charge in [-0.05, 0) is 40.3 Å². The second kappa shape index (κ2) is 17.6. The lowest BCUT2D eigenvalue weighted by atomic mass is 9.77. The van der Waals surface area contributed by atoms with Crippen LogP contribution in [0.25, 0.3) is 0 Å². The Kier molecular flexibility index (Phi) is 11.9. The first-order valence-corrected chi connectivity index (χ1v) is 19.2. The second-order valence-electron chi connectivity index (χ2n) is 12.8. The molecule has 0 saturated heterocycles. The lowest BCUT2D eigenvalue weighted by Gasteiger charge is -2.37. The van der Waals surface area contributed by atoms with E-state index in [1.54, 1.807) is 12.3 Å². The number of aromatic nitrogens is 1. The number of nitrogens with zero attached hydrogens (tertiary/aromatic N) is 2. The number of thiazole rings is 1. The van der Waals surface area contributed by atoms with Gasteiger partial charge in [-0.15, -0.1) is 11.3 Å². The van der Waals surface area contributed by atoms with Crippen LogP contribution in [0.2, 0.25) is 0 Å². The van der Waals surface area contributed by atoms with Crippen LogP contribution in [0.4, 0.5) is 5.13 Å². The summed E-state index contributed by atoms with van der Waals surface area (Å²) in [6.07, 6.45) is 0. The molecule has 0 aliphatic rings. The number of esters is 1. The predicted octanol–water partition coefficient (Wildman–Crippen LogP) is 9.41. The third-order valence-corrected chi connectivity index (χ3v) is 10.2. The smallest absolute Gasteiger partial charge is 0.362 e. The fourth-order valence-electron chi connectivity index (χ4n) is 7.03. The van der Waals surface area contributed by atoms with Crippen LogP contribution in [0.5, 0.6) is 0 Å². The molecule has 0 aliphatic carbocycles. The van der Waals surface area contributed by atoms with Crippen molar-refractivity contribution in [1.29, 1.82) is 0 Å². The molecule has 0 atom stereocenters. The van der Waals surface area contributed by atoms with Crippen molar-refractivity contribution in [1.82, 2.24) is 10.3 Å². The first-order valence-electron chi connectivity index (χ1n) is 18.3. The molecule has 0 bridgehead atoms. The lowest BCUT2D eigenvalue weighted by molar-refractivity contribution is -0.135. The number of hydrogen-bond acceptors (Lipinski definition) is 8. The van der Waals surface area contributed by atoms with E-state index in [4.69, 9.17) is 14.6 Å². The highest BCUT2D eigenvalue weighted by atomic mass is 32.1. The van der Waals surface area contributed by atoms with E-state index in [1.807, 2.05) is 109 Å². The topological polar surface area (TPSA) is 84.8 Å². The van der Waals surface area contributed by atoms with Gasteiger partial charge < -0.3 is 14.9 Å². The fourth-order valence-corrected chi connectivity index (χ4v) is 7.79. The summed E-state index contributed by atoms with van der Waals surface area (Å²) in [5.74, 6) is -0.611. The summed E-state index contributed by atoms with van der Waals surface area (Å²) in [7, 11) is 0. The third kappa shape index (κ3) is 7.97. The molecule has 7 nitrogen and oxygen atoms in total. The van der Waals surface area contributed by atoms with Gasteiger partial charge in [-0.2, -0.15) is 0 Å². The molecule has 0 radical (unpaired) electrons. The van der Waals surface area contributed by atoms with E-state index in [9.17, 15) is 4.79 Å². The van der Waals surface area contributed by atoms with Gasteiger partial charge in [-0.25, -0.2) is 9.78 Å². The molecule has 1 aromatic heterocycles. The highest BCUT2D eigenvalue weighted by Crippen LogP contribution is 2.41. The highest BCUT2D eigenvalue weighted by molar-refractivity contribution is 7.14. The van der Waals surface area contributed by atoms with Crippen LogP contribution in [0.15, 0.2) is 193 Å². The number of nitrogens with one attached hydrogen (secondary N) is 2. The van der Waals surface area contributed by atoms with Gasteiger partial charge in [0.1, 0.15) is 17.8 Å². The quantitative estimate of drug-likeness (QED) is 0.0338. The maximum absolute atomic E-state index is 13.4. The monoisotopic (exact) mass is 742 g/mol. The third-order valence-electron chi connectivity index (χ3n) is 9.49.